The summed E-state index contributed by atoms with van der Waals surface area (Å²) >= 11 is 1.52. The molecular formula is C19H19N3O2S. The van der Waals surface area contributed by atoms with Gasteiger partial charge in [0.1, 0.15) is 11.5 Å². The molecule has 3 rings (SSSR count). The Kier molecular flexibility index (Phi) is 5.30. The van der Waals surface area contributed by atoms with Gasteiger partial charge in [0.25, 0.3) is 0 Å². The molecule has 3 aromatic rings. The van der Waals surface area contributed by atoms with Gasteiger partial charge in [0.2, 0.25) is 5.13 Å². The lowest BCUT2D eigenvalue weighted by Gasteiger charge is -2.03. The summed E-state index contributed by atoms with van der Waals surface area (Å²) in [6.45, 7) is 1.95. The second kappa shape index (κ2) is 7.81. The normalized spacial score (nSPS) is 11.2. The first kappa shape index (κ1) is 17.0. The van der Waals surface area contributed by atoms with E-state index in [0.29, 0.717) is 0 Å². The second-order valence-corrected chi connectivity index (χ2v) is 6.16. The van der Waals surface area contributed by atoms with Gasteiger partial charge in [-0.3, -0.25) is 5.43 Å². The van der Waals surface area contributed by atoms with E-state index in [9.17, 15) is 0 Å². The number of anilines is 1. The van der Waals surface area contributed by atoms with Crippen LogP contribution in [0.5, 0.6) is 11.5 Å². The summed E-state index contributed by atoms with van der Waals surface area (Å²) in [4.78, 5) is 4.57. The van der Waals surface area contributed by atoms with Gasteiger partial charge in [-0.05, 0) is 61.0 Å². The van der Waals surface area contributed by atoms with E-state index in [1.807, 2.05) is 60.8 Å². The molecule has 0 radical (unpaired) electrons. The number of hydrazone groups is 1. The highest BCUT2D eigenvalue weighted by molar-refractivity contribution is 7.14. The first-order valence-corrected chi connectivity index (χ1v) is 8.62. The molecule has 128 valence electrons. The summed E-state index contributed by atoms with van der Waals surface area (Å²) in [6, 6.07) is 15.6. The van der Waals surface area contributed by atoms with Crippen LogP contribution in [0.3, 0.4) is 0 Å². The quantitative estimate of drug-likeness (QED) is 0.517. The Morgan fingerprint density at radius 1 is 0.960 bits per heavy atom. The fourth-order valence-corrected chi connectivity index (χ4v) is 2.91. The zero-order chi connectivity index (χ0) is 17.6. The lowest BCUT2D eigenvalue weighted by molar-refractivity contribution is 0.414. The average Bonchev–Trinajstić information content (AvgIpc) is 3.15. The Morgan fingerprint density at radius 2 is 1.56 bits per heavy atom. The molecule has 25 heavy (non-hydrogen) atoms. The number of nitrogens with one attached hydrogen (secondary N) is 1. The zero-order valence-electron chi connectivity index (χ0n) is 14.3. The molecule has 0 aliphatic rings. The van der Waals surface area contributed by atoms with Crippen LogP contribution < -0.4 is 14.9 Å². The molecule has 0 fully saturated rings. The number of hydrogen-bond acceptors (Lipinski definition) is 6. The summed E-state index contributed by atoms with van der Waals surface area (Å²) in [5.74, 6) is 1.66. The minimum Gasteiger partial charge on any atom is -0.497 e. The summed E-state index contributed by atoms with van der Waals surface area (Å²) in [5.41, 5.74) is 6.88. The van der Waals surface area contributed by atoms with Crippen molar-refractivity contribution in [3.63, 3.8) is 0 Å². The molecule has 1 aromatic heterocycles. The van der Waals surface area contributed by atoms with Gasteiger partial charge in [-0.25, -0.2) is 4.98 Å². The van der Waals surface area contributed by atoms with Crippen molar-refractivity contribution in [3.05, 3.63) is 59.5 Å². The highest BCUT2D eigenvalue weighted by Crippen LogP contribution is 2.26. The molecule has 0 spiro atoms. The molecule has 0 bridgehead atoms. The molecule has 1 N–H and O–H groups in total. The van der Waals surface area contributed by atoms with Crippen LogP contribution in [0.2, 0.25) is 0 Å². The average molecular weight is 353 g/mol. The van der Waals surface area contributed by atoms with E-state index in [2.05, 4.69) is 15.5 Å². The number of rotatable bonds is 6. The molecule has 1 heterocycles. The van der Waals surface area contributed by atoms with E-state index in [1.54, 1.807) is 14.2 Å². The fourth-order valence-electron chi connectivity index (χ4n) is 2.25. The highest BCUT2D eigenvalue weighted by atomic mass is 32.1. The van der Waals surface area contributed by atoms with E-state index >= 15 is 0 Å². The van der Waals surface area contributed by atoms with Crippen LogP contribution in [0.1, 0.15) is 12.5 Å². The third-order valence-corrected chi connectivity index (χ3v) is 4.46. The Labute approximate surface area is 151 Å². The van der Waals surface area contributed by atoms with Gasteiger partial charge in [0.15, 0.2) is 0 Å². The predicted octanol–water partition coefficient (Wildman–Crippen LogP) is 4.66. The lowest BCUT2D eigenvalue weighted by Crippen LogP contribution is -1.99. The summed E-state index contributed by atoms with van der Waals surface area (Å²) in [7, 11) is 3.31. The number of aromatic nitrogens is 1. The maximum Gasteiger partial charge on any atom is 0.203 e. The SMILES string of the molecule is COc1ccc(/C(C)=N/Nc2nc(-c3ccc(OC)cc3)cs2)cc1. The van der Waals surface area contributed by atoms with Gasteiger partial charge in [0, 0.05) is 10.9 Å². The van der Waals surface area contributed by atoms with Crippen molar-refractivity contribution in [2.75, 3.05) is 19.6 Å². The highest BCUT2D eigenvalue weighted by Gasteiger charge is 2.05. The first-order valence-electron chi connectivity index (χ1n) is 7.74. The summed E-state index contributed by atoms with van der Waals surface area (Å²) in [5, 5.41) is 7.16. The molecule has 2 aromatic carbocycles. The van der Waals surface area contributed by atoms with E-state index in [-0.39, 0.29) is 0 Å². The molecule has 0 aliphatic heterocycles. The van der Waals surface area contributed by atoms with Crippen LogP contribution in [0.15, 0.2) is 59.0 Å². The molecule has 0 unspecified atom stereocenters. The van der Waals surface area contributed by atoms with Crippen LogP contribution in [0.25, 0.3) is 11.3 Å². The van der Waals surface area contributed by atoms with Crippen LogP contribution in [0.4, 0.5) is 5.13 Å². The number of ether oxygens (including phenoxy) is 2. The zero-order valence-corrected chi connectivity index (χ0v) is 15.1. The van der Waals surface area contributed by atoms with Crippen LogP contribution in [-0.2, 0) is 0 Å². The predicted molar refractivity (Wildman–Crippen MR) is 103 cm³/mol. The lowest BCUT2D eigenvalue weighted by atomic mass is 10.1. The number of benzene rings is 2. The van der Waals surface area contributed by atoms with Crippen molar-refractivity contribution in [3.8, 4) is 22.8 Å². The van der Waals surface area contributed by atoms with Crippen LogP contribution in [-0.4, -0.2) is 24.9 Å². The van der Waals surface area contributed by atoms with Crippen molar-refractivity contribution in [1.29, 1.82) is 0 Å². The van der Waals surface area contributed by atoms with E-state index in [0.717, 1.165) is 39.2 Å². The Morgan fingerprint density at radius 3 is 2.16 bits per heavy atom. The minimum atomic E-state index is 0.749. The van der Waals surface area contributed by atoms with Gasteiger partial charge in [-0.1, -0.05) is 0 Å². The van der Waals surface area contributed by atoms with Crippen molar-refractivity contribution >= 4 is 22.2 Å². The largest absolute Gasteiger partial charge is 0.497 e. The van der Waals surface area contributed by atoms with Crippen molar-refractivity contribution in [2.45, 2.75) is 6.92 Å². The van der Waals surface area contributed by atoms with Gasteiger partial charge < -0.3 is 9.47 Å². The number of nitrogens with zero attached hydrogens (tertiary/aromatic N) is 2. The molecular weight excluding hydrogens is 334 g/mol. The summed E-state index contributed by atoms with van der Waals surface area (Å²) < 4.78 is 10.3. The standard InChI is InChI=1S/C19H19N3O2S/c1-13(14-4-8-16(23-2)9-5-14)21-22-19-20-18(12-25-19)15-6-10-17(24-3)11-7-15/h4-12H,1-3H3,(H,20,22)/b21-13+. The van der Waals surface area contributed by atoms with E-state index in [1.165, 1.54) is 11.3 Å². The number of methoxy groups -OCH3 is 2. The van der Waals surface area contributed by atoms with Crippen molar-refractivity contribution in [1.82, 2.24) is 4.98 Å². The van der Waals surface area contributed by atoms with Crippen molar-refractivity contribution in [2.24, 2.45) is 5.10 Å². The number of thiazole rings is 1. The maximum absolute atomic E-state index is 5.18. The van der Waals surface area contributed by atoms with Gasteiger partial charge >= 0.3 is 0 Å². The van der Waals surface area contributed by atoms with Gasteiger partial charge in [-0.15, -0.1) is 11.3 Å². The van der Waals surface area contributed by atoms with Gasteiger partial charge in [-0.2, -0.15) is 5.10 Å². The van der Waals surface area contributed by atoms with E-state index in [4.69, 9.17) is 9.47 Å². The molecule has 6 heteroatoms. The Balaban J connectivity index is 1.69. The van der Waals surface area contributed by atoms with E-state index < -0.39 is 0 Å². The molecule has 0 aliphatic carbocycles. The topological polar surface area (TPSA) is 55.7 Å². The van der Waals surface area contributed by atoms with Crippen LogP contribution in [0, 0.1) is 0 Å². The smallest absolute Gasteiger partial charge is 0.203 e. The summed E-state index contributed by atoms with van der Waals surface area (Å²) in [6.07, 6.45) is 0. The van der Waals surface area contributed by atoms with Gasteiger partial charge in [0.05, 0.1) is 25.6 Å². The third-order valence-electron chi connectivity index (χ3n) is 3.72. The molecule has 0 saturated carbocycles. The van der Waals surface area contributed by atoms with Crippen molar-refractivity contribution < 1.29 is 9.47 Å². The molecule has 0 amide bonds. The minimum absolute atomic E-state index is 0.749. The molecule has 5 nitrogen and oxygen atoms in total. The first-order chi connectivity index (χ1) is 12.2. The third kappa shape index (κ3) is 4.16. The maximum atomic E-state index is 5.18. The molecule has 0 atom stereocenters. The van der Waals surface area contributed by atoms with Crippen LogP contribution >= 0.6 is 11.3 Å². The fraction of sp³-hybridized carbons (Fsp3) is 0.158. The Bertz CT molecular complexity index is 855. The number of hydrogen-bond donors (Lipinski definition) is 1. The second-order valence-electron chi connectivity index (χ2n) is 5.30. The Hall–Kier alpha value is -2.86. The molecule has 0 saturated heterocycles. The monoisotopic (exact) mass is 353 g/mol.